The first-order chi connectivity index (χ1) is 11.1. The summed E-state index contributed by atoms with van der Waals surface area (Å²) >= 11 is 0. The van der Waals surface area contributed by atoms with Crippen LogP contribution in [-0.4, -0.2) is 16.6 Å². The van der Waals surface area contributed by atoms with Crippen molar-refractivity contribution in [2.75, 3.05) is 6.54 Å². The molecule has 116 valence electrons. The molecule has 6 nitrogen and oxygen atoms in total. The normalized spacial score (nSPS) is 12.2. The van der Waals surface area contributed by atoms with Crippen molar-refractivity contribution in [2.45, 2.75) is 5.92 Å². The number of aromatic hydroxyl groups is 1. The predicted octanol–water partition coefficient (Wildman–Crippen LogP) is 2.91. The molecule has 1 heterocycles. The van der Waals surface area contributed by atoms with Crippen LogP contribution < -0.4 is 5.63 Å². The van der Waals surface area contributed by atoms with Gasteiger partial charge in [-0.15, -0.1) is 0 Å². The molecule has 0 saturated heterocycles. The second kappa shape index (κ2) is 5.92. The van der Waals surface area contributed by atoms with Gasteiger partial charge in [0.25, 0.3) is 0 Å². The Morgan fingerprint density at radius 2 is 1.74 bits per heavy atom. The summed E-state index contributed by atoms with van der Waals surface area (Å²) in [6.07, 6.45) is 0. The largest absolute Gasteiger partial charge is 0.507 e. The maximum Gasteiger partial charge on any atom is 0.344 e. The van der Waals surface area contributed by atoms with Gasteiger partial charge in [-0.25, -0.2) is 4.79 Å². The average molecular weight is 311 g/mol. The number of rotatable bonds is 4. The molecule has 0 radical (unpaired) electrons. The number of benzene rings is 2. The van der Waals surface area contributed by atoms with E-state index in [1.165, 1.54) is 0 Å². The molecule has 23 heavy (non-hydrogen) atoms. The zero-order chi connectivity index (χ0) is 16.4. The highest BCUT2D eigenvalue weighted by molar-refractivity contribution is 5.84. The van der Waals surface area contributed by atoms with Crippen LogP contribution in [0, 0.1) is 10.1 Å². The second-order valence-electron chi connectivity index (χ2n) is 5.13. The van der Waals surface area contributed by atoms with Gasteiger partial charge in [0.15, 0.2) is 0 Å². The molecule has 0 aliphatic heterocycles. The molecular weight excluding hydrogens is 298 g/mol. The first-order valence-corrected chi connectivity index (χ1v) is 6.99. The van der Waals surface area contributed by atoms with E-state index in [1.807, 2.05) is 0 Å². The minimum absolute atomic E-state index is 0.0911. The molecule has 1 aromatic heterocycles. The smallest absolute Gasteiger partial charge is 0.344 e. The molecule has 0 bridgehead atoms. The summed E-state index contributed by atoms with van der Waals surface area (Å²) in [6, 6.07) is 15.1. The monoisotopic (exact) mass is 311 g/mol. The molecule has 0 fully saturated rings. The van der Waals surface area contributed by atoms with Crippen molar-refractivity contribution in [1.29, 1.82) is 0 Å². The van der Waals surface area contributed by atoms with E-state index in [2.05, 4.69) is 0 Å². The van der Waals surface area contributed by atoms with Crippen LogP contribution in [0.25, 0.3) is 11.0 Å². The van der Waals surface area contributed by atoms with Crippen LogP contribution in [-0.2, 0) is 0 Å². The van der Waals surface area contributed by atoms with Gasteiger partial charge in [0, 0.05) is 4.92 Å². The van der Waals surface area contributed by atoms with E-state index in [0.29, 0.717) is 10.9 Å². The van der Waals surface area contributed by atoms with E-state index in [1.54, 1.807) is 54.6 Å². The van der Waals surface area contributed by atoms with Gasteiger partial charge < -0.3 is 9.52 Å². The zero-order valence-electron chi connectivity index (χ0n) is 12.0. The molecule has 2 aromatic carbocycles. The molecule has 0 spiro atoms. The quantitative estimate of drug-likeness (QED) is 0.454. The third-order valence-corrected chi connectivity index (χ3v) is 3.70. The van der Waals surface area contributed by atoms with Crippen molar-refractivity contribution >= 4 is 11.0 Å². The third kappa shape index (κ3) is 2.78. The van der Waals surface area contributed by atoms with Gasteiger partial charge >= 0.3 is 5.63 Å². The maximum atomic E-state index is 12.3. The number of fused-ring (bicyclic) bond motifs is 1. The van der Waals surface area contributed by atoms with Crippen molar-refractivity contribution in [1.82, 2.24) is 0 Å². The number of hydrogen-bond donors (Lipinski definition) is 1. The Bertz CT molecular complexity index is 917. The topological polar surface area (TPSA) is 93.6 Å². The Kier molecular flexibility index (Phi) is 3.80. The number of hydrogen-bond acceptors (Lipinski definition) is 5. The van der Waals surface area contributed by atoms with Crippen LogP contribution in [0.4, 0.5) is 0 Å². The maximum absolute atomic E-state index is 12.3. The SMILES string of the molecule is O=c1oc2ccccc2c(O)c1[C@@H](C[N+](=O)[O-])c1ccccc1. The first kappa shape index (κ1) is 14.8. The first-order valence-electron chi connectivity index (χ1n) is 6.99. The average Bonchev–Trinajstić information content (AvgIpc) is 2.54. The predicted molar refractivity (Wildman–Crippen MR) is 84.3 cm³/mol. The lowest BCUT2D eigenvalue weighted by Gasteiger charge is -2.14. The highest BCUT2D eigenvalue weighted by Gasteiger charge is 2.28. The fourth-order valence-electron chi connectivity index (χ4n) is 2.65. The van der Waals surface area contributed by atoms with Gasteiger partial charge in [0.2, 0.25) is 6.54 Å². The Morgan fingerprint density at radius 3 is 2.43 bits per heavy atom. The Hall–Kier alpha value is -3.15. The zero-order valence-corrected chi connectivity index (χ0v) is 12.0. The van der Waals surface area contributed by atoms with Gasteiger partial charge in [0.1, 0.15) is 11.3 Å². The molecule has 3 rings (SSSR count). The Labute approximate surface area is 130 Å². The summed E-state index contributed by atoms with van der Waals surface area (Å²) in [5.74, 6) is -1.15. The van der Waals surface area contributed by atoms with Crippen LogP contribution in [0.1, 0.15) is 17.0 Å². The third-order valence-electron chi connectivity index (χ3n) is 3.70. The number of nitro groups is 1. The summed E-state index contributed by atoms with van der Waals surface area (Å²) in [4.78, 5) is 22.8. The standard InChI is InChI=1S/C17H13NO5/c19-16-12-8-4-5-9-14(12)23-17(20)15(16)13(10-18(21)22)11-6-2-1-3-7-11/h1-9,13,19H,10H2/t13-/m0/s1. The summed E-state index contributed by atoms with van der Waals surface area (Å²) in [6.45, 7) is -0.513. The van der Waals surface area contributed by atoms with Crippen molar-refractivity contribution in [3.8, 4) is 5.75 Å². The summed E-state index contributed by atoms with van der Waals surface area (Å²) < 4.78 is 5.22. The van der Waals surface area contributed by atoms with E-state index in [9.17, 15) is 20.0 Å². The molecule has 1 atom stereocenters. The second-order valence-corrected chi connectivity index (χ2v) is 5.13. The minimum atomic E-state index is -0.882. The fraction of sp³-hybridized carbons (Fsp3) is 0.118. The molecule has 6 heteroatoms. The van der Waals surface area contributed by atoms with Crippen LogP contribution in [0.15, 0.2) is 63.8 Å². The van der Waals surface area contributed by atoms with E-state index in [4.69, 9.17) is 4.42 Å². The number of para-hydroxylation sites is 1. The lowest BCUT2D eigenvalue weighted by Crippen LogP contribution is -2.21. The van der Waals surface area contributed by atoms with Gasteiger partial charge in [-0.1, -0.05) is 42.5 Å². The molecule has 3 aromatic rings. The van der Waals surface area contributed by atoms with Crippen LogP contribution >= 0.6 is 0 Å². The summed E-state index contributed by atoms with van der Waals surface area (Å²) in [7, 11) is 0. The Morgan fingerprint density at radius 1 is 1.09 bits per heavy atom. The molecule has 1 N–H and O–H groups in total. The summed E-state index contributed by atoms with van der Waals surface area (Å²) in [5, 5.41) is 21.9. The molecular formula is C17H13NO5. The molecule has 0 aliphatic carbocycles. The van der Waals surface area contributed by atoms with Crippen LogP contribution in [0.2, 0.25) is 0 Å². The molecule has 0 unspecified atom stereocenters. The lowest BCUT2D eigenvalue weighted by atomic mass is 9.91. The van der Waals surface area contributed by atoms with Crippen molar-refractivity contribution in [3.05, 3.63) is 86.3 Å². The molecule has 0 saturated carbocycles. The van der Waals surface area contributed by atoms with Crippen molar-refractivity contribution in [2.24, 2.45) is 0 Å². The highest BCUT2D eigenvalue weighted by atomic mass is 16.6. The van der Waals surface area contributed by atoms with E-state index in [-0.39, 0.29) is 16.9 Å². The van der Waals surface area contributed by atoms with Crippen molar-refractivity contribution in [3.63, 3.8) is 0 Å². The van der Waals surface area contributed by atoms with Gasteiger partial charge in [-0.3, -0.25) is 10.1 Å². The highest BCUT2D eigenvalue weighted by Crippen LogP contribution is 2.34. The van der Waals surface area contributed by atoms with Gasteiger partial charge in [-0.2, -0.15) is 0 Å². The minimum Gasteiger partial charge on any atom is -0.507 e. The molecule has 0 aliphatic rings. The van der Waals surface area contributed by atoms with E-state index in [0.717, 1.165) is 0 Å². The van der Waals surface area contributed by atoms with Gasteiger partial charge in [0.05, 0.1) is 16.9 Å². The van der Waals surface area contributed by atoms with Gasteiger partial charge in [-0.05, 0) is 17.7 Å². The van der Waals surface area contributed by atoms with Crippen LogP contribution in [0.3, 0.4) is 0 Å². The Balaban J connectivity index is 2.26. The molecule has 0 amide bonds. The van der Waals surface area contributed by atoms with E-state index < -0.39 is 23.0 Å². The van der Waals surface area contributed by atoms with E-state index >= 15 is 0 Å². The van der Waals surface area contributed by atoms with Crippen LogP contribution in [0.5, 0.6) is 5.75 Å². The number of nitrogens with zero attached hydrogens (tertiary/aromatic N) is 1. The summed E-state index contributed by atoms with van der Waals surface area (Å²) in [5.41, 5.74) is -0.0442. The lowest BCUT2D eigenvalue weighted by molar-refractivity contribution is -0.481. The van der Waals surface area contributed by atoms with Crippen molar-refractivity contribution < 1.29 is 14.4 Å². The fourth-order valence-corrected chi connectivity index (χ4v) is 2.65.